The average molecular weight is 242 g/mol. The van der Waals surface area contributed by atoms with Crippen LogP contribution in [0.2, 0.25) is 5.15 Å². The van der Waals surface area contributed by atoms with Gasteiger partial charge >= 0.3 is 0 Å². The third-order valence-corrected chi connectivity index (χ3v) is 2.22. The minimum absolute atomic E-state index is 0.218. The molecular formula is C12H20ClN3. The Balaban J connectivity index is 2.81. The fourth-order valence-electron chi connectivity index (χ4n) is 1.14. The lowest BCUT2D eigenvalue weighted by atomic mass is 9.97. The molecular weight excluding hydrogens is 222 g/mol. The maximum absolute atomic E-state index is 5.95. The van der Waals surface area contributed by atoms with E-state index in [-0.39, 0.29) is 11.3 Å². The Labute approximate surface area is 103 Å². The van der Waals surface area contributed by atoms with Crippen LogP contribution in [-0.4, -0.2) is 16.5 Å². The van der Waals surface area contributed by atoms with Crippen LogP contribution in [0.25, 0.3) is 0 Å². The van der Waals surface area contributed by atoms with E-state index < -0.39 is 0 Å². The summed E-state index contributed by atoms with van der Waals surface area (Å²) < 4.78 is 0. The molecule has 0 atom stereocenters. The lowest BCUT2D eigenvalue weighted by Crippen LogP contribution is -2.20. The highest BCUT2D eigenvalue weighted by Crippen LogP contribution is 2.19. The summed E-state index contributed by atoms with van der Waals surface area (Å²) >= 11 is 5.95. The van der Waals surface area contributed by atoms with E-state index in [0.29, 0.717) is 5.15 Å². The summed E-state index contributed by atoms with van der Waals surface area (Å²) in [7, 11) is 0. The van der Waals surface area contributed by atoms with E-state index in [1.807, 2.05) is 0 Å². The van der Waals surface area contributed by atoms with Crippen molar-refractivity contribution in [3.05, 3.63) is 17.0 Å². The maximum Gasteiger partial charge on any atom is 0.135 e. The molecule has 0 saturated carbocycles. The zero-order valence-corrected chi connectivity index (χ0v) is 11.4. The van der Waals surface area contributed by atoms with Crippen LogP contribution in [0.15, 0.2) is 6.07 Å². The predicted octanol–water partition coefficient (Wildman–Crippen LogP) is 3.71. The van der Waals surface area contributed by atoms with Crippen molar-refractivity contribution in [2.45, 2.75) is 40.5 Å². The van der Waals surface area contributed by atoms with Gasteiger partial charge in [0.05, 0.1) is 0 Å². The molecule has 16 heavy (non-hydrogen) atoms. The lowest BCUT2D eigenvalue weighted by Gasteiger charge is -2.19. The largest absolute Gasteiger partial charge is 0.369 e. The molecule has 1 heterocycles. The first-order chi connectivity index (χ1) is 7.28. The fourth-order valence-corrected chi connectivity index (χ4v) is 1.33. The van der Waals surface area contributed by atoms with E-state index >= 15 is 0 Å². The summed E-state index contributed by atoms with van der Waals surface area (Å²) in [6, 6.07) is 1.76. The molecule has 0 spiro atoms. The molecule has 0 radical (unpaired) electrons. The number of hydrogen-bond donors (Lipinski definition) is 1. The average Bonchev–Trinajstić information content (AvgIpc) is 2.13. The second-order valence-corrected chi connectivity index (χ2v) is 5.89. The van der Waals surface area contributed by atoms with Gasteiger partial charge in [-0.05, 0) is 5.41 Å². The highest BCUT2D eigenvalue weighted by Gasteiger charge is 2.11. The number of aromatic nitrogens is 2. The monoisotopic (exact) mass is 241 g/mol. The van der Waals surface area contributed by atoms with Gasteiger partial charge in [0.25, 0.3) is 0 Å². The molecule has 1 aromatic rings. The van der Waals surface area contributed by atoms with E-state index in [2.05, 4.69) is 49.9 Å². The zero-order chi connectivity index (χ0) is 12.3. The van der Waals surface area contributed by atoms with Crippen molar-refractivity contribution in [1.82, 2.24) is 9.97 Å². The van der Waals surface area contributed by atoms with Crippen molar-refractivity contribution < 1.29 is 0 Å². The maximum atomic E-state index is 5.95. The van der Waals surface area contributed by atoms with Crippen LogP contribution in [0.3, 0.4) is 0 Å². The predicted molar refractivity (Wildman–Crippen MR) is 69.1 cm³/mol. The van der Waals surface area contributed by atoms with Gasteiger partial charge in [-0.25, -0.2) is 9.97 Å². The molecule has 0 bridgehead atoms. The van der Waals surface area contributed by atoms with Crippen molar-refractivity contribution in [2.24, 2.45) is 5.41 Å². The Morgan fingerprint density at radius 1 is 1.31 bits per heavy atom. The Morgan fingerprint density at radius 3 is 2.44 bits per heavy atom. The summed E-state index contributed by atoms with van der Waals surface area (Å²) in [6.45, 7) is 11.5. The van der Waals surface area contributed by atoms with Crippen molar-refractivity contribution in [3.8, 4) is 0 Å². The van der Waals surface area contributed by atoms with E-state index in [0.717, 1.165) is 18.2 Å². The Bertz CT molecular complexity index is 356. The lowest BCUT2D eigenvalue weighted by molar-refractivity contribution is 0.442. The number of halogens is 1. The molecule has 0 fully saturated rings. The van der Waals surface area contributed by atoms with Gasteiger partial charge in [-0.2, -0.15) is 0 Å². The highest BCUT2D eigenvalue weighted by molar-refractivity contribution is 6.29. The topological polar surface area (TPSA) is 37.8 Å². The molecule has 0 saturated heterocycles. The zero-order valence-electron chi connectivity index (χ0n) is 10.6. The van der Waals surface area contributed by atoms with Gasteiger partial charge in [0.15, 0.2) is 0 Å². The van der Waals surface area contributed by atoms with Gasteiger partial charge in [0.2, 0.25) is 0 Å². The molecule has 0 aromatic carbocycles. The highest BCUT2D eigenvalue weighted by atomic mass is 35.5. The van der Waals surface area contributed by atoms with E-state index in [9.17, 15) is 0 Å². The Kier molecular flexibility index (Phi) is 4.14. The van der Waals surface area contributed by atoms with Gasteiger partial charge in [-0.3, -0.25) is 0 Å². The van der Waals surface area contributed by atoms with Gasteiger partial charge in [-0.15, -0.1) is 0 Å². The minimum atomic E-state index is 0.218. The molecule has 0 aliphatic rings. The third-order valence-electron chi connectivity index (χ3n) is 2.03. The van der Waals surface area contributed by atoms with E-state index in [1.54, 1.807) is 6.07 Å². The van der Waals surface area contributed by atoms with Crippen LogP contribution in [0.4, 0.5) is 5.82 Å². The van der Waals surface area contributed by atoms with Crippen molar-refractivity contribution >= 4 is 17.4 Å². The number of nitrogens with one attached hydrogen (secondary N) is 1. The first kappa shape index (κ1) is 13.2. The SMILES string of the molecule is CC(C)c1nc(Cl)cc(NCC(C)(C)C)n1. The molecule has 0 aliphatic heterocycles. The molecule has 1 rings (SSSR count). The second-order valence-electron chi connectivity index (χ2n) is 5.50. The molecule has 1 aromatic heterocycles. The van der Waals surface area contributed by atoms with Crippen LogP contribution in [0.5, 0.6) is 0 Å². The van der Waals surface area contributed by atoms with E-state index in [4.69, 9.17) is 11.6 Å². The smallest absolute Gasteiger partial charge is 0.135 e. The molecule has 90 valence electrons. The quantitative estimate of drug-likeness (QED) is 0.820. The number of nitrogens with zero attached hydrogens (tertiary/aromatic N) is 2. The van der Waals surface area contributed by atoms with Crippen LogP contribution in [0, 0.1) is 5.41 Å². The fraction of sp³-hybridized carbons (Fsp3) is 0.667. The summed E-state index contributed by atoms with van der Waals surface area (Å²) in [6.07, 6.45) is 0. The summed E-state index contributed by atoms with van der Waals surface area (Å²) in [4.78, 5) is 8.62. The normalized spacial score (nSPS) is 11.9. The van der Waals surface area contributed by atoms with Crippen molar-refractivity contribution in [1.29, 1.82) is 0 Å². The summed E-state index contributed by atoms with van der Waals surface area (Å²) in [5.41, 5.74) is 0.218. The number of anilines is 1. The Morgan fingerprint density at radius 2 is 1.94 bits per heavy atom. The molecule has 0 aliphatic carbocycles. The number of hydrogen-bond acceptors (Lipinski definition) is 3. The molecule has 0 amide bonds. The van der Waals surface area contributed by atoms with Gasteiger partial charge in [0.1, 0.15) is 16.8 Å². The molecule has 4 heteroatoms. The van der Waals surface area contributed by atoms with Crippen LogP contribution < -0.4 is 5.32 Å². The van der Waals surface area contributed by atoms with Crippen LogP contribution in [0.1, 0.15) is 46.4 Å². The first-order valence-electron chi connectivity index (χ1n) is 5.56. The molecule has 3 nitrogen and oxygen atoms in total. The van der Waals surface area contributed by atoms with Crippen molar-refractivity contribution in [2.75, 3.05) is 11.9 Å². The summed E-state index contributed by atoms with van der Waals surface area (Å²) in [5.74, 6) is 1.87. The molecule has 0 unspecified atom stereocenters. The summed E-state index contributed by atoms with van der Waals surface area (Å²) in [5, 5.41) is 3.78. The third kappa shape index (κ3) is 4.35. The molecule has 1 N–H and O–H groups in total. The Hall–Kier alpha value is -0.830. The second kappa shape index (κ2) is 5.00. The van der Waals surface area contributed by atoms with Crippen molar-refractivity contribution in [3.63, 3.8) is 0 Å². The van der Waals surface area contributed by atoms with E-state index in [1.165, 1.54) is 0 Å². The van der Waals surface area contributed by atoms with Gasteiger partial charge < -0.3 is 5.32 Å². The van der Waals surface area contributed by atoms with Gasteiger partial charge in [0, 0.05) is 18.5 Å². The van der Waals surface area contributed by atoms with Crippen LogP contribution >= 0.6 is 11.6 Å². The number of rotatable bonds is 3. The minimum Gasteiger partial charge on any atom is -0.369 e. The van der Waals surface area contributed by atoms with Gasteiger partial charge in [-0.1, -0.05) is 46.2 Å². The first-order valence-corrected chi connectivity index (χ1v) is 5.94. The standard InChI is InChI=1S/C12H20ClN3/c1-8(2)11-15-9(13)6-10(16-11)14-7-12(3,4)5/h6,8H,7H2,1-5H3,(H,14,15,16). The van der Waals surface area contributed by atoms with Crippen LogP contribution in [-0.2, 0) is 0 Å².